The Hall–Kier alpha value is -4.76. The van der Waals surface area contributed by atoms with Gasteiger partial charge in [0.25, 0.3) is 15.9 Å². The van der Waals surface area contributed by atoms with Gasteiger partial charge in [0.05, 0.1) is 22.4 Å². The van der Waals surface area contributed by atoms with Gasteiger partial charge in [0.15, 0.2) is 0 Å². The Morgan fingerprint density at radius 2 is 1.52 bits per heavy atom. The van der Waals surface area contributed by atoms with E-state index in [4.69, 9.17) is 4.74 Å². The Kier molecular flexibility index (Phi) is 8.76. The number of sulfonamides is 1. The van der Waals surface area contributed by atoms with Crippen molar-refractivity contribution in [1.82, 2.24) is 5.43 Å². The topological polar surface area (TPSA) is 105 Å². The predicted molar refractivity (Wildman–Crippen MR) is 155 cm³/mol. The van der Waals surface area contributed by atoms with Crippen molar-refractivity contribution in [2.24, 2.45) is 5.10 Å². The van der Waals surface area contributed by atoms with E-state index in [9.17, 15) is 18.0 Å². The van der Waals surface area contributed by atoms with Crippen LogP contribution in [0, 0.1) is 20.8 Å². The summed E-state index contributed by atoms with van der Waals surface area (Å²) in [4.78, 5) is 25.1. The average Bonchev–Trinajstić information content (AvgIpc) is 2.95. The number of hydrazone groups is 1. The SMILES string of the molecule is Cc1ccc(S(=O)(=O)N(CC(=O)N/N=C\c2ccc(OC(=O)c3ccccc3)cc2)c2ccc(C)c(C)c2)cc1. The fraction of sp³-hybridized carbons (Fsp3) is 0.129. The maximum absolute atomic E-state index is 13.5. The summed E-state index contributed by atoms with van der Waals surface area (Å²) in [5, 5.41) is 3.97. The van der Waals surface area contributed by atoms with Gasteiger partial charge >= 0.3 is 5.97 Å². The average molecular weight is 556 g/mol. The summed E-state index contributed by atoms with van der Waals surface area (Å²) in [5.74, 6) is -0.720. The Balaban J connectivity index is 1.44. The molecule has 40 heavy (non-hydrogen) atoms. The molecular formula is C31H29N3O5S. The zero-order valence-corrected chi connectivity index (χ0v) is 23.2. The summed E-state index contributed by atoms with van der Waals surface area (Å²) in [5.41, 5.74) is 6.68. The van der Waals surface area contributed by atoms with Crippen LogP contribution in [-0.2, 0) is 14.8 Å². The van der Waals surface area contributed by atoms with Crippen LogP contribution >= 0.6 is 0 Å². The molecule has 0 aliphatic rings. The van der Waals surface area contributed by atoms with E-state index < -0.39 is 28.4 Å². The summed E-state index contributed by atoms with van der Waals surface area (Å²) >= 11 is 0. The second-order valence-corrected chi connectivity index (χ2v) is 11.1. The van der Waals surface area contributed by atoms with Gasteiger partial charge in [-0.05, 0) is 98.1 Å². The molecule has 204 valence electrons. The number of anilines is 1. The van der Waals surface area contributed by atoms with Crippen LogP contribution in [-0.4, -0.2) is 33.1 Å². The molecule has 4 aromatic carbocycles. The first-order valence-corrected chi connectivity index (χ1v) is 13.9. The molecule has 4 rings (SSSR count). The summed E-state index contributed by atoms with van der Waals surface area (Å²) in [6.45, 7) is 5.21. The zero-order valence-electron chi connectivity index (χ0n) is 22.4. The van der Waals surface area contributed by atoms with Crippen molar-refractivity contribution in [2.75, 3.05) is 10.8 Å². The van der Waals surface area contributed by atoms with Crippen LogP contribution in [0.4, 0.5) is 5.69 Å². The van der Waals surface area contributed by atoms with Crippen molar-refractivity contribution in [2.45, 2.75) is 25.7 Å². The molecule has 0 radical (unpaired) electrons. The van der Waals surface area contributed by atoms with Gasteiger partial charge in [0.2, 0.25) is 0 Å². The number of aryl methyl sites for hydroxylation is 3. The molecule has 1 amide bonds. The number of nitrogens with zero attached hydrogens (tertiary/aromatic N) is 2. The van der Waals surface area contributed by atoms with Crippen molar-refractivity contribution in [3.63, 3.8) is 0 Å². The maximum atomic E-state index is 13.5. The highest BCUT2D eigenvalue weighted by molar-refractivity contribution is 7.92. The maximum Gasteiger partial charge on any atom is 0.343 e. The number of benzene rings is 4. The monoisotopic (exact) mass is 555 g/mol. The number of ether oxygens (including phenoxy) is 1. The van der Waals surface area contributed by atoms with Crippen molar-refractivity contribution in [3.8, 4) is 5.75 Å². The molecule has 0 saturated carbocycles. The Morgan fingerprint density at radius 3 is 2.17 bits per heavy atom. The summed E-state index contributed by atoms with van der Waals surface area (Å²) in [7, 11) is -4.03. The van der Waals surface area contributed by atoms with Crippen LogP contribution in [0.3, 0.4) is 0 Å². The summed E-state index contributed by atoms with van der Waals surface area (Å²) in [6.07, 6.45) is 1.41. The smallest absolute Gasteiger partial charge is 0.343 e. The Labute approximate surface area is 234 Å². The van der Waals surface area contributed by atoms with Gasteiger partial charge in [-0.25, -0.2) is 18.6 Å². The molecule has 8 nitrogen and oxygen atoms in total. The molecule has 9 heteroatoms. The van der Waals surface area contributed by atoms with E-state index in [1.165, 1.54) is 18.3 Å². The molecule has 0 atom stereocenters. The number of amides is 1. The molecule has 0 bridgehead atoms. The lowest BCUT2D eigenvalue weighted by Gasteiger charge is -2.24. The summed E-state index contributed by atoms with van der Waals surface area (Å²) in [6, 6.07) is 26.9. The molecule has 0 spiro atoms. The first-order valence-electron chi connectivity index (χ1n) is 12.5. The number of hydrogen-bond donors (Lipinski definition) is 1. The van der Waals surface area contributed by atoms with Crippen LogP contribution in [0.1, 0.15) is 32.6 Å². The van der Waals surface area contributed by atoms with Gasteiger partial charge in [-0.15, -0.1) is 0 Å². The largest absolute Gasteiger partial charge is 0.423 e. The second-order valence-electron chi connectivity index (χ2n) is 9.21. The first-order chi connectivity index (χ1) is 19.1. The van der Waals surface area contributed by atoms with Gasteiger partial charge in [-0.1, -0.05) is 42.0 Å². The van der Waals surface area contributed by atoms with Crippen molar-refractivity contribution >= 4 is 33.8 Å². The predicted octanol–water partition coefficient (Wildman–Crippen LogP) is 5.18. The van der Waals surface area contributed by atoms with E-state index in [0.29, 0.717) is 22.6 Å². The van der Waals surface area contributed by atoms with Gasteiger partial charge in [0, 0.05) is 0 Å². The number of carbonyl (C=O) groups is 2. The lowest BCUT2D eigenvalue weighted by molar-refractivity contribution is -0.119. The van der Waals surface area contributed by atoms with Crippen molar-refractivity contribution in [3.05, 3.63) is 125 Å². The Bertz CT molecular complexity index is 1630. The van der Waals surface area contributed by atoms with E-state index in [2.05, 4.69) is 10.5 Å². The van der Waals surface area contributed by atoms with Crippen LogP contribution in [0.25, 0.3) is 0 Å². The third-order valence-corrected chi connectivity index (χ3v) is 7.97. The quantitative estimate of drug-likeness (QED) is 0.133. The van der Waals surface area contributed by atoms with Gasteiger partial charge in [0.1, 0.15) is 12.3 Å². The van der Waals surface area contributed by atoms with Crippen LogP contribution < -0.4 is 14.5 Å². The Morgan fingerprint density at radius 1 is 0.850 bits per heavy atom. The minimum Gasteiger partial charge on any atom is -0.423 e. The van der Waals surface area contributed by atoms with Gasteiger partial charge < -0.3 is 4.74 Å². The number of carbonyl (C=O) groups excluding carboxylic acids is 2. The standard InChI is InChI=1S/C31H29N3O5S/c1-22-9-17-29(18-10-22)40(37,38)34(27-14-11-23(2)24(3)19-27)21-30(35)33-32-20-25-12-15-28(16-13-25)39-31(36)26-7-5-4-6-8-26/h4-20H,21H2,1-3H3,(H,33,35)/b32-20-. The first kappa shape index (κ1) is 28.3. The third-order valence-electron chi connectivity index (χ3n) is 6.18. The lowest BCUT2D eigenvalue weighted by atomic mass is 10.1. The molecule has 0 fully saturated rings. The van der Waals surface area contributed by atoms with Crippen molar-refractivity contribution < 1.29 is 22.7 Å². The molecule has 0 aliphatic carbocycles. The fourth-order valence-corrected chi connectivity index (χ4v) is 5.15. The van der Waals surface area contributed by atoms with E-state index in [1.807, 2.05) is 32.9 Å². The van der Waals surface area contributed by atoms with Crippen molar-refractivity contribution in [1.29, 1.82) is 0 Å². The minimum atomic E-state index is -4.03. The normalized spacial score (nSPS) is 11.3. The van der Waals surface area contributed by atoms with E-state index >= 15 is 0 Å². The molecule has 0 aliphatic heterocycles. The zero-order chi connectivity index (χ0) is 28.7. The minimum absolute atomic E-state index is 0.0840. The van der Waals surface area contributed by atoms with Crippen LogP contribution in [0.15, 0.2) is 107 Å². The number of nitrogens with one attached hydrogen (secondary N) is 1. The molecule has 4 aromatic rings. The molecule has 0 heterocycles. The number of hydrogen-bond acceptors (Lipinski definition) is 6. The molecule has 0 saturated heterocycles. The van der Waals surface area contributed by atoms with E-state index in [-0.39, 0.29) is 4.90 Å². The number of esters is 1. The van der Waals surface area contributed by atoms with Crippen LogP contribution in [0.5, 0.6) is 5.75 Å². The molecule has 0 unspecified atom stereocenters. The highest BCUT2D eigenvalue weighted by Gasteiger charge is 2.27. The lowest BCUT2D eigenvalue weighted by Crippen LogP contribution is -2.39. The fourth-order valence-electron chi connectivity index (χ4n) is 3.74. The molecular weight excluding hydrogens is 526 g/mol. The highest BCUT2D eigenvalue weighted by atomic mass is 32.2. The highest BCUT2D eigenvalue weighted by Crippen LogP contribution is 2.26. The second kappa shape index (κ2) is 12.4. The third kappa shape index (κ3) is 7.00. The number of rotatable bonds is 9. The molecule has 0 aromatic heterocycles. The van der Waals surface area contributed by atoms with Gasteiger partial charge in [-0.2, -0.15) is 5.10 Å². The van der Waals surface area contributed by atoms with E-state index in [1.54, 1.807) is 72.8 Å². The van der Waals surface area contributed by atoms with Crippen LogP contribution in [0.2, 0.25) is 0 Å². The van der Waals surface area contributed by atoms with Gasteiger partial charge in [-0.3, -0.25) is 9.10 Å². The molecule has 1 N–H and O–H groups in total. The van der Waals surface area contributed by atoms with E-state index in [0.717, 1.165) is 21.0 Å². The summed E-state index contributed by atoms with van der Waals surface area (Å²) < 4.78 is 33.5.